The quantitative estimate of drug-likeness (QED) is 0.911. The fourth-order valence-corrected chi connectivity index (χ4v) is 3.83. The van der Waals surface area contributed by atoms with Crippen molar-refractivity contribution in [3.05, 3.63) is 57.6 Å². The average Bonchev–Trinajstić information content (AvgIpc) is 2.37. The number of rotatable bonds is 3. The fourth-order valence-electron chi connectivity index (χ4n) is 2.17. The molecule has 21 heavy (non-hydrogen) atoms. The Morgan fingerprint density at radius 1 is 0.905 bits per heavy atom. The summed E-state index contributed by atoms with van der Waals surface area (Å²) in [6.45, 7) is 7.38. The topological polar surface area (TPSA) is 46.2 Å². The number of halogens is 1. The van der Waals surface area contributed by atoms with Gasteiger partial charge in [-0.25, -0.2) is 8.42 Å². The van der Waals surface area contributed by atoms with E-state index >= 15 is 0 Å². The van der Waals surface area contributed by atoms with Crippen molar-refractivity contribution in [2.75, 3.05) is 4.72 Å². The van der Waals surface area contributed by atoms with Gasteiger partial charge in [0.25, 0.3) is 10.0 Å². The van der Waals surface area contributed by atoms with E-state index in [4.69, 9.17) is 11.6 Å². The number of sulfonamides is 1. The summed E-state index contributed by atoms with van der Waals surface area (Å²) in [5, 5.41) is 0.568. The lowest BCUT2D eigenvalue weighted by molar-refractivity contribution is 0.600. The molecule has 0 fully saturated rings. The molecule has 0 aliphatic heterocycles. The minimum Gasteiger partial charge on any atom is -0.279 e. The molecule has 1 N–H and O–H groups in total. The van der Waals surface area contributed by atoms with Gasteiger partial charge in [0.15, 0.2) is 0 Å². The third-order valence-electron chi connectivity index (χ3n) is 3.37. The van der Waals surface area contributed by atoms with E-state index in [-0.39, 0.29) is 4.90 Å². The van der Waals surface area contributed by atoms with Gasteiger partial charge in [-0.05, 0) is 62.6 Å². The summed E-state index contributed by atoms with van der Waals surface area (Å²) in [4.78, 5) is 0.254. The molecule has 0 amide bonds. The maximum absolute atomic E-state index is 12.6. The molecular weight excluding hydrogens is 306 g/mol. The van der Waals surface area contributed by atoms with Crippen LogP contribution >= 0.6 is 11.6 Å². The SMILES string of the molecule is Cc1ccc(NS(=O)(=O)c2cc(C)c(Cl)cc2C)c(C)c1. The van der Waals surface area contributed by atoms with Crippen LogP contribution in [0.25, 0.3) is 0 Å². The summed E-state index contributed by atoms with van der Waals surface area (Å²) < 4.78 is 27.8. The predicted molar refractivity (Wildman–Crippen MR) is 87.7 cm³/mol. The zero-order valence-corrected chi connectivity index (χ0v) is 14.1. The highest BCUT2D eigenvalue weighted by molar-refractivity contribution is 7.92. The van der Waals surface area contributed by atoms with E-state index in [2.05, 4.69) is 4.72 Å². The molecule has 0 bridgehead atoms. The summed E-state index contributed by atoms with van der Waals surface area (Å²) in [6.07, 6.45) is 0. The van der Waals surface area contributed by atoms with E-state index in [0.717, 1.165) is 16.7 Å². The lowest BCUT2D eigenvalue weighted by Gasteiger charge is -2.14. The average molecular weight is 324 g/mol. The first-order valence-corrected chi connectivity index (χ1v) is 8.43. The van der Waals surface area contributed by atoms with Crippen LogP contribution in [0.5, 0.6) is 0 Å². The first kappa shape index (κ1) is 15.9. The molecule has 2 aromatic rings. The van der Waals surface area contributed by atoms with Crippen LogP contribution < -0.4 is 4.72 Å². The van der Waals surface area contributed by atoms with Crippen LogP contribution in [0.4, 0.5) is 5.69 Å². The van der Waals surface area contributed by atoms with Crippen LogP contribution in [0.1, 0.15) is 22.3 Å². The number of aryl methyl sites for hydroxylation is 4. The van der Waals surface area contributed by atoms with Crippen molar-refractivity contribution in [1.82, 2.24) is 0 Å². The van der Waals surface area contributed by atoms with Crippen molar-refractivity contribution in [1.29, 1.82) is 0 Å². The van der Waals surface area contributed by atoms with Gasteiger partial charge in [0.05, 0.1) is 10.6 Å². The summed E-state index contributed by atoms with van der Waals surface area (Å²) in [7, 11) is -3.63. The third kappa shape index (κ3) is 3.39. The second-order valence-electron chi connectivity index (χ2n) is 5.29. The lowest BCUT2D eigenvalue weighted by atomic mass is 10.1. The van der Waals surface area contributed by atoms with Crippen LogP contribution in [0.3, 0.4) is 0 Å². The Bertz CT molecular complexity index is 798. The summed E-state index contributed by atoms with van der Waals surface area (Å²) >= 11 is 6.02. The summed E-state index contributed by atoms with van der Waals surface area (Å²) in [5.41, 5.74) is 3.94. The van der Waals surface area contributed by atoms with Crippen molar-refractivity contribution in [3.63, 3.8) is 0 Å². The zero-order chi connectivity index (χ0) is 15.8. The minimum absolute atomic E-state index is 0.254. The van der Waals surface area contributed by atoms with Crippen molar-refractivity contribution in [3.8, 4) is 0 Å². The highest BCUT2D eigenvalue weighted by Gasteiger charge is 2.19. The van der Waals surface area contributed by atoms with E-state index in [1.165, 1.54) is 0 Å². The lowest BCUT2D eigenvalue weighted by Crippen LogP contribution is -2.15. The second kappa shape index (κ2) is 5.70. The molecule has 0 heterocycles. The summed E-state index contributed by atoms with van der Waals surface area (Å²) in [5.74, 6) is 0. The van der Waals surface area contributed by atoms with E-state index in [1.54, 1.807) is 32.0 Å². The third-order valence-corrected chi connectivity index (χ3v) is 5.29. The zero-order valence-electron chi connectivity index (χ0n) is 12.5. The van der Waals surface area contributed by atoms with Gasteiger partial charge in [-0.3, -0.25) is 4.72 Å². The van der Waals surface area contributed by atoms with Crippen LogP contribution in [-0.4, -0.2) is 8.42 Å². The van der Waals surface area contributed by atoms with Gasteiger partial charge in [0.2, 0.25) is 0 Å². The maximum atomic E-state index is 12.6. The van der Waals surface area contributed by atoms with Crippen LogP contribution in [0.15, 0.2) is 35.2 Å². The van der Waals surface area contributed by atoms with Gasteiger partial charge in [-0.1, -0.05) is 29.3 Å². The standard InChI is InChI=1S/C16H18ClNO2S/c1-10-5-6-15(12(3)7-10)18-21(19,20)16-9-11(2)14(17)8-13(16)4/h5-9,18H,1-4H3. The number of benzene rings is 2. The van der Waals surface area contributed by atoms with E-state index in [0.29, 0.717) is 16.3 Å². The van der Waals surface area contributed by atoms with Crippen molar-refractivity contribution < 1.29 is 8.42 Å². The molecule has 5 heteroatoms. The Kier molecular flexibility index (Phi) is 4.30. The molecule has 0 spiro atoms. The predicted octanol–water partition coefficient (Wildman–Crippen LogP) is 4.37. The van der Waals surface area contributed by atoms with Gasteiger partial charge < -0.3 is 0 Å². The molecule has 112 valence electrons. The number of hydrogen-bond acceptors (Lipinski definition) is 2. The molecule has 3 nitrogen and oxygen atoms in total. The van der Waals surface area contributed by atoms with Gasteiger partial charge in [0.1, 0.15) is 0 Å². The van der Waals surface area contributed by atoms with Crippen LogP contribution in [0.2, 0.25) is 5.02 Å². The Labute approximate surface area is 131 Å². The number of anilines is 1. The summed E-state index contributed by atoms with van der Waals surface area (Å²) in [6, 6.07) is 8.87. The molecule has 0 aliphatic rings. The molecule has 2 aromatic carbocycles. The first-order chi connectivity index (χ1) is 9.70. The van der Waals surface area contributed by atoms with Crippen molar-refractivity contribution in [2.24, 2.45) is 0 Å². The molecule has 0 atom stereocenters. The van der Waals surface area contributed by atoms with Crippen LogP contribution in [-0.2, 0) is 10.0 Å². The molecular formula is C16H18ClNO2S. The van der Waals surface area contributed by atoms with Gasteiger partial charge in [-0.15, -0.1) is 0 Å². The maximum Gasteiger partial charge on any atom is 0.262 e. The molecule has 0 unspecified atom stereocenters. The Morgan fingerprint density at radius 2 is 1.57 bits per heavy atom. The van der Waals surface area contributed by atoms with E-state index < -0.39 is 10.0 Å². The fraction of sp³-hybridized carbons (Fsp3) is 0.250. The second-order valence-corrected chi connectivity index (χ2v) is 7.35. The highest BCUT2D eigenvalue weighted by Crippen LogP contribution is 2.26. The van der Waals surface area contributed by atoms with E-state index in [1.807, 2.05) is 26.0 Å². The molecule has 0 aliphatic carbocycles. The normalized spacial score (nSPS) is 11.5. The molecule has 0 aromatic heterocycles. The smallest absolute Gasteiger partial charge is 0.262 e. The molecule has 2 rings (SSSR count). The largest absolute Gasteiger partial charge is 0.279 e. The molecule has 0 saturated heterocycles. The Balaban J connectivity index is 2.46. The molecule has 0 radical (unpaired) electrons. The van der Waals surface area contributed by atoms with Gasteiger partial charge >= 0.3 is 0 Å². The first-order valence-electron chi connectivity index (χ1n) is 6.57. The Hall–Kier alpha value is -1.52. The number of nitrogens with one attached hydrogen (secondary N) is 1. The molecule has 0 saturated carbocycles. The van der Waals surface area contributed by atoms with Gasteiger partial charge in [-0.2, -0.15) is 0 Å². The number of hydrogen-bond donors (Lipinski definition) is 1. The highest BCUT2D eigenvalue weighted by atomic mass is 35.5. The van der Waals surface area contributed by atoms with Gasteiger partial charge in [0, 0.05) is 5.02 Å². The van der Waals surface area contributed by atoms with Crippen molar-refractivity contribution >= 4 is 27.3 Å². The van der Waals surface area contributed by atoms with E-state index in [9.17, 15) is 8.42 Å². The van der Waals surface area contributed by atoms with Crippen LogP contribution in [0, 0.1) is 27.7 Å². The van der Waals surface area contributed by atoms with Crippen molar-refractivity contribution in [2.45, 2.75) is 32.6 Å². The monoisotopic (exact) mass is 323 g/mol. The minimum atomic E-state index is -3.63. The Morgan fingerprint density at radius 3 is 2.19 bits per heavy atom.